The van der Waals surface area contributed by atoms with Gasteiger partial charge in [0, 0.05) is 6.42 Å². The third kappa shape index (κ3) is 17.2. The Morgan fingerprint density at radius 2 is 1.07 bits per heavy atom. The minimum Gasteiger partial charge on any atom is -0.491 e. The van der Waals surface area contributed by atoms with Crippen LogP contribution in [0, 0.1) is 0 Å². The lowest BCUT2D eigenvalue weighted by Crippen LogP contribution is -2.10. The molecule has 4 heteroatoms. The number of ether oxygens (including phenoxy) is 4. The zero-order valence-corrected chi connectivity index (χ0v) is 19.4. The van der Waals surface area contributed by atoms with Gasteiger partial charge in [-0.05, 0) is 25.7 Å². The molecular formula is C24H48O4. The summed E-state index contributed by atoms with van der Waals surface area (Å²) in [6.07, 6.45) is 16.7. The second kappa shape index (κ2) is 22.4. The quantitative estimate of drug-likeness (QED) is 0.106. The largest absolute Gasteiger partial charge is 0.491 e. The first-order valence-electron chi connectivity index (χ1n) is 12.0. The van der Waals surface area contributed by atoms with Crippen LogP contribution in [0.2, 0.25) is 0 Å². The van der Waals surface area contributed by atoms with Crippen molar-refractivity contribution >= 4 is 0 Å². The highest BCUT2D eigenvalue weighted by atomic mass is 16.7. The molecule has 0 bridgehead atoms. The molecule has 0 fully saturated rings. The fourth-order valence-corrected chi connectivity index (χ4v) is 2.88. The Balaban J connectivity index is 4.15. The molecule has 0 aliphatic carbocycles. The molecule has 0 aromatic rings. The van der Waals surface area contributed by atoms with Crippen LogP contribution in [0.1, 0.15) is 118 Å². The predicted molar refractivity (Wildman–Crippen MR) is 118 cm³/mol. The van der Waals surface area contributed by atoms with Gasteiger partial charge in [0.2, 0.25) is 0 Å². The van der Waals surface area contributed by atoms with Gasteiger partial charge in [0.05, 0.1) is 19.8 Å². The van der Waals surface area contributed by atoms with Crippen LogP contribution in [0.5, 0.6) is 0 Å². The first-order valence-corrected chi connectivity index (χ1v) is 12.0. The van der Waals surface area contributed by atoms with E-state index < -0.39 is 0 Å². The van der Waals surface area contributed by atoms with Crippen molar-refractivity contribution in [3.8, 4) is 0 Å². The van der Waals surface area contributed by atoms with Crippen molar-refractivity contribution in [3.63, 3.8) is 0 Å². The van der Waals surface area contributed by atoms with Crippen LogP contribution in [-0.2, 0) is 18.9 Å². The molecule has 4 nitrogen and oxygen atoms in total. The zero-order chi connectivity index (χ0) is 20.7. The summed E-state index contributed by atoms with van der Waals surface area (Å²) in [5.41, 5.74) is 0. The van der Waals surface area contributed by atoms with E-state index in [1.54, 1.807) is 0 Å². The van der Waals surface area contributed by atoms with Gasteiger partial charge in [-0.25, -0.2) is 0 Å². The van der Waals surface area contributed by atoms with Gasteiger partial charge in [0.25, 0.3) is 0 Å². The summed E-state index contributed by atoms with van der Waals surface area (Å²) in [7, 11) is 0. The molecule has 0 saturated heterocycles. The van der Waals surface area contributed by atoms with Crippen LogP contribution in [0.4, 0.5) is 0 Å². The van der Waals surface area contributed by atoms with Crippen molar-refractivity contribution in [1.82, 2.24) is 0 Å². The minimum absolute atomic E-state index is 0.238. The second-order valence-electron chi connectivity index (χ2n) is 7.51. The number of unbranched alkanes of at least 4 members (excludes halogenated alkanes) is 9. The van der Waals surface area contributed by atoms with E-state index in [1.807, 2.05) is 0 Å². The Morgan fingerprint density at radius 1 is 0.500 bits per heavy atom. The Labute approximate surface area is 175 Å². The Kier molecular flexibility index (Phi) is 21.7. The molecule has 0 aliphatic rings. The van der Waals surface area contributed by atoms with E-state index in [-0.39, 0.29) is 6.79 Å². The van der Waals surface area contributed by atoms with E-state index in [0.29, 0.717) is 19.2 Å². The third-order valence-electron chi connectivity index (χ3n) is 4.57. The molecule has 0 N–H and O–H groups in total. The van der Waals surface area contributed by atoms with E-state index in [1.165, 1.54) is 57.8 Å². The lowest BCUT2D eigenvalue weighted by Gasteiger charge is -2.17. The molecule has 0 aromatic carbocycles. The normalized spacial score (nSPS) is 12.0. The Morgan fingerprint density at radius 3 is 1.71 bits per heavy atom. The summed E-state index contributed by atoms with van der Waals surface area (Å²) in [5, 5.41) is 0. The fourth-order valence-electron chi connectivity index (χ4n) is 2.88. The molecule has 0 atom stereocenters. The van der Waals surface area contributed by atoms with E-state index in [0.717, 1.165) is 44.5 Å². The summed E-state index contributed by atoms with van der Waals surface area (Å²) in [5.74, 6) is 1.38. The maximum absolute atomic E-state index is 5.92. The number of rotatable bonds is 22. The molecule has 0 radical (unpaired) electrons. The van der Waals surface area contributed by atoms with Gasteiger partial charge in [-0.15, -0.1) is 0 Å². The monoisotopic (exact) mass is 400 g/mol. The van der Waals surface area contributed by atoms with Crippen molar-refractivity contribution in [2.24, 2.45) is 0 Å². The van der Waals surface area contributed by atoms with E-state index >= 15 is 0 Å². The Bertz CT molecular complexity index is 341. The van der Waals surface area contributed by atoms with Crippen molar-refractivity contribution in [2.45, 2.75) is 118 Å². The molecule has 0 heterocycles. The van der Waals surface area contributed by atoms with E-state index in [4.69, 9.17) is 18.9 Å². The summed E-state index contributed by atoms with van der Waals surface area (Å²) in [6, 6.07) is 0. The molecule has 0 spiro atoms. The minimum atomic E-state index is 0.238. The molecule has 0 amide bonds. The van der Waals surface area contributed by atoms with Crippen molar-refractivity contribution in [3.05, 3.63) is 11.7 Å². The van der Waals surface area contributed by atoms with Gasteiger partial charge in [-0.3, -0.25) is 0 Å². The SMILES string of the molecule is CCCCCCCCCCOCOC(OCCC)=C(CCCCC)OCCC. The topological polar surface area (TPSA) is 36.9 Å². The van der Waals surface area contributed by atoms with Crippen LogP contribution in [0.3, 0.4) is 0 Å². The molecule has 0 saturated carbocycles. The maximum atomic E-state index is 5.92. The summed E-state index contributed by atoms with van der Waals surface area (Å²) in [4.78, 5) is 0. The van der Waals surface area contributed by atoms with Gasteiger partial charge in [0.15, 0.2) is 12.6 Å². The average molecular weight is 401 g/mol. The third-order valence-corrected chi connectivity index (χ3v) is 4.57. The smallest absolute Gasteiger partial charge is 0.321 e. The van der Waals surface area contributed by atoms with Gasteiger partial charge in [-0.2, -0.15) is 0 Å². The van der Waals surface area contributed by atoms with Gasteiger partial charge in [-0.1, -0.05) is 85.5 Å². The van der Waals surface area contributed by atoms with Crippen LogP contribution in [0.25, 0.3) is 0 Å². The molecular weight excluding hydrogens is 352 g/mol. The highest BCUT2D eigenvalue weighted by Gasteiger charge is 2.12. The molecule has 168 valence electrons. The van der Waals surface area contributed by atoms with E-state index in [9.17, 15) is 0 Å². The highest BCUT2D eigenvalue weighted by molar-refractivity contribution is 4.95. The zero-order valence-electron chi connectivity index (χ0n) is 19.4. The van der Waals surface area contributed by atoms with Gasteiger partial charge in [0.1, 0.15) is 0 Å². The predicted octanol–water partition coefficient (Wildman–Crippen LogP) is 7.72. The van der Waals surface area contributed by atoms with Crippen molar-refractivity contribution in [2.75, 3.05) is 26.6 Å². The Hall–Kier alpha value is -0.900. The first kappa shape index (κ1) is 27.1. The summed E-state index contributed by atoms with van der Waals surface area (Å²) in [6.45, 7) is 11.0. The second-order valence-corrected chi connectivity index (χ2v) is 7.51. The average Bonchev–Trinajstić information content (AvgIpc) is 2.71. The number of allylic oxidation sites excluding steroid dienone is 1. The van der Waals surface area contributed by atoms with Crippen LogP contribution in [0.15, 0.2) is 11.7 Å². The molecule has 0 rings (SSSR count). The molecule has 0 aliphatic heterocycles. The summed E-state index contributed by atoms with van der Waals surface area (Å²) >= 11 is 0. The van der Waals surface area contributed by atoms with Crippen LogP contribution < -0.4 is 0 Å². The molecule has 0 aromatic heterocycles. The lowest BCUT2D eigenvalue weighted by molar-refractivity contribution is -0.0840. The van der Waals surface area contributed by atoms with Gasteiger partial charge >= 0.3 is 5.95 Å². The van der Waals surface area contributed by atoms with Crippen LogP contribution >= 0.6 is 0 Å². The number of hydrogen-bond donors (Lipinski definition) is 0. The first-order chi connectivity index (χ1) is 13.8. The lowest BCUT2D eigenvalue weighted by atomic mass is 10.1. The summed E-state index contributed by atoms with van der Waals surface area (Å²) < 4.78 is 23.2. The van der Waals surface area contributed by atoms with E-state index in [2.05, 4.69) is 27.7 Å². The van der Waals surface area contributed by atoms with Crippen LogP contribution in [-0.4, -0.2) is 26.6 Å². The highest BCUT2D eigenvalue weighted by Crippen LogP contribution is 2.18. The number of hydrogen-bond acceptors (Lipinski definition) is 4. The molecule has 28 heavy (non-hydrogen) atoms. The van der Waals surface area contributed by atoms with Gasteiger partial charge < -0.3 is 18.9 Å². The fraction of sp³-hybridized carbons (Fsp3) is 0.917. The maximum Gasteiger partial charge on any atom is 0.321 e. The van der Waals surface area contributed by atoms with Crippen molar-refractivity contribution < 1.29 is 18.9 Å². The molecule has 0 unspecified atom stereocenters. The van der Waals surface area contributed by atoms with Crippen molar-refractivity contribution in [1.29, 1.82) is 0 Å². The standard InChI is InChI=1S/C24H48O4/c1-5-9-11-12-13-14-15-17-21-25-22-28-24(27-20-8-4)23(26-19-7-3)18-16-10-6-2/h5-22H2,1-4H3.